The molecule has 0 radical (unpaired) electrons. The lowest BCUT2D eigenvalue weighted by molar-refractivity contribution is -0.116. The molecular formula is C8H12N4O3S. The monoisotopic (exact) mass is 244 g/mol. The van der Waals surface area contributed by atoms with Crippen LogP contribution in [0.2, 0.25) is 0 Å². The molecule has 7 nitrogen and oxygen atoms in total. The Balaban J connectivity index is 2.96. The molecule has 0 saturated heterocycles. The van der Waals surface area contributed by atoms with Gasteiger partial charge >= 0.3 is 0 Å². The first kappa shape index (κ1) is 12.3. The van der Waals surface area contributed by atoms with Crippen molar-refractivity contribution in [2.45, 2.75) is 4.90 Å². The number of carbonyl (C=O) groups excluding carboxylic acids is 1. The molecule has 7 N–H and O–H groups in total. The van der Waals surface area contributed by atoms with Crippen LogP contribution in [0.5, 0.6) is 0 Å². The van der Waals surface area contributed by atoms with Gasteiger partial charge in [0.2, 0.25) is 15.9 Å². The topological polar surface area (TPSA) is 141 Å². The maximum Gasteiger partial charge on any atom is 0.240 e. The average Bonchev–Trinajstić information content (AvgIpc) is 2.12. The first-order valence-electron chi connectivity index (χ1n) is 4.25. The van der Waals surface area contributed by atoms with Gasteiger partial charge in [0.25, 0.3) is 0 Å². The molecule has 0 heterocycles. The number of benzene rings is 1. The number of hydrogen-bond acceptors (Lipinski definition) is 5. The second-order valence-electron chi connectivity index (χ2n) is 3.12. The number of sulfonamides is 1. The molecule has 1 aromatic rings. The maximum atomic E-state index is 11.0. The highest BCUT2D eigenvalue weighted by molar-refractivity contribution is 7.89. The van der Waals surface area contributed by atoms with Gasteiger partial charge in [-0.2, -0.15) is 0 Å². The highest BCUT2D eigenvalue weighted by Crippen LogP contribution is 2.20. The van der Waals surface area contributed by atoms with Crippen molar-refractivity contribution in [2.24, 2.45) is 10.9 Å². The van der Waals surface area contributed by atoms with Crippen molar-refractivity contribution in [3.8, 4) is 0 Å². The van der Waals surface area contributed by atoms with E-state index >= 15 is 0 Å². The summed E-state index contributed by atoms with van der Waals surface area (Å²) in [5, 5.41) is 7.60. The number of primary amides is 1. The minimum Gasteiger partial charge on any atom is -0.398 e. The van der Waals surface area contributed by atoms with Crippen molar-refractivity contribution < 1.29 is 13.2 Å². The number of nitrogens with one attached hydrogen (secondary N) is 1. The van der Waals surface area contributed by atoms with E-state index in [1.807, 2.05) is 0 Å². The molecule has 0 aliphatic heterocycles. The van der Waals surface area contributed by atoms with Gasteiger partial charge in [-0.25, -0.2) is 13.6 Å². The van der Waals surface area contributed by atoms with Crippen molar-refractivity contribution >= 4 is 27.3 Å². The van der Waals surface area contributed by atoms with Crippen molar-refractivity contribution in [3.63, 3.8) is 0 Å². The summed E-state index contributed by atoms with van der Waals surface area (Å²) in [5.41, 5.74) is 10.9. The SMILES string of the molecule is NC(=O)CNc1ccc(S(N)(=O)=O)c(N)c1. The third kappa shape index (κ3) is 3.11. The number of rotatable bonds is 4. The minimum atomic E-state index is -3.83. The lowest BCUT2D eigenvalue weighted by Crippen LogP contribution is -2.22. The molecule has 1 amide bonds. The number of amides is 1. The summed E-state index contributed by atoms with van der Waals surface area (Å²) in [6.45, 7) is -0.0613. The molecule has 0 saturated carbocycles. The second kappa shape index (κ2) is 4.37. The van der Waals surface area contributed by atoms with Crippen LogP contribution in [-0.2, 0) is 14.8 Å². The van der Waals surface area contributed by atoms with Crippen molar-refractivity contribution in [1.29, 1.82) is 0 Å². The van der Waals surface area contributed by atoms with Crippen molar-refractivity contribution in [2.75, 3.05) is 17.6 Å². The zero-order chi connectivity index (χ0) is 12.3. The average molecular weight is 244 g/mol. The Labute approximate surface area is 92.7 Å². The zero-order valence-electron chi connectivity index (χ0n) is 8.30. The van der Waals surface area contributed by atoms with E-state index in [1.54, 1.807) is 0 Å². The van der Waals surface area contributed by atoms with E-state index in [1.165, 1.54) is 18.2 Å². The molecular weight excluding hydrogens is 232 g/mol. The van der Waals surface area contributed by atoms with E-state index in [0.717, 1.165) is 0 Å². The minimum absolute atomic E-state index is 0.0111. The van der Waals surface area contributed by atoms with Gasteiger partial charge < -0.3 is 16.8 Å². The predicted octanol–water partition coefficient (Wildman–Crippen LogP) is -1.19. The highest BCUT2D eigenvalue weighted by atomic mass is 32.2. The third-order valence-corrected chi connectivity index (χ3v) is 2.77. The fraction of sp³-hybridized carbons (Fsp3) is 0.125. The number of nitrogens with two attached hydrogens (primary N) is 3. The van der Waals surface area contributed by atoms with Crippen LogP contribution in [0.25, 0.3) is 0 Å². The Morgan fingerprint density at radius 1 is 1.38 bits per heavy atom. The summed E-state index contributed by atoms with van der Waals surface area (Å²) in [7, 11) is -3.83. The Morgan fingerprint density at radius 3 is 2.44 bits per heavy atom. The van der Waals surface area contributed by atoms with Gasteiger partial charge in [-0.15, -0.1) is 0 Å². The smallest absolute Gasteiger partial charge is 0.240 e. The van der Waals surface area contributed by atoms with E-state index in [2.05, 4.69) is 5.32 Å². The van der Waals surface area contributed by atoms with E-state index < -0.39 is 15.9 Å². The van der Waals surface area contributed by atoms with Gasteiger partial charge in [-0.3, -0.25) is 4.79 Å². The van der Waals surface area contributed by atoms with Gasteiger partial charge in [0.05, 0.1) is 12.2 Å². The number of anilines is 2. The van der Waals surface area contributed by atoms with Gasteiger partial charge in [0.1, 0.15) is 4.90 Å². The Morgan fingerprint density at radius 2 is 2.00 bits per heavy atom. The summed E-state index contributed by atoms with van der Waals surface area (Å²) in [4.78, 5) is 10.3. The van der Waals surface area contributed by atoms with E-state index in [4.69, 9.17) is 16.6 Å². The van der Waals surface area contributed by atoms with Gasteiger partial charge in [-0.05, 0) is 18.2 Å². The highest BCUT2D eigenvalue weighted by Gasteiger charge is 2.12. The molecule has 0 fully saturated rings. The van der Waals surface area contributed by atoms with Crippen LogP contribution < -0.4 is 21.9 Å². The van der Waals surface area contributed by atoms with Crippen LogP contribution in [0.15, 0.2) is 23.1 Å². The molecule has 1 aromatic carbocycles. The molecule has 0 spiro atoms. The summed E-state index contributed by atoms with van der Waals surface area (Å²) in [5.74, 6) is -0.533. The number of nitrogen functional groups attached to an aromatic ring is 1. The maximum absolute atomic E-state index is 11.0. The van der Waals surface area contributed by atoms with Crippen molar-refractivity contribution in [3.05, 3.63) is 18.2 Å². The fourth-order valence-electron chi connectivity index (χ4n) is 1.11. The van der Waals surface area contributed by atoms with Crippen LogP contribution in [0.1, 0.15) is 0 Å². The molecule has 16 heavy (non-hydrogen) atoms. The molecule has 0 aromatic heterocycles. The Hall–Kier alpha value is -1.80. The fourth-order valence-corrected chi connectivity index (χ4v) is 1.75. The summed E-state index contributed by atoms with van der Waals surface area (Å²) < 4.78 is 22.1. The third-order valence-electron chi connectivity index (χ3n) is 1.78. The molecule has 0 aliphatic carbocycles. The molecule has 88 valence electrons. The number of primary sulfonamides is 1. The van der Waals surface area contributed by atoms with Crippen LogP contribution >= 0.6 is 0 Å². The van der Waals surface area contributed by atoms with Crippen LogP contribution in [-0.4, -0.2) is 20.9 Å². The summed E-state index contributed by atoms with van der Waals surface area (Å²) in [6, 6.07) is 4.07. The lowest BCUT2D eigenvalue weighted by atomic mass is 10.3. The van der Waals surface area contributed by atoms with Crippen LogP contribution in [0.3, 0.4) is 0 Å². The van der Waals surface area contributed by atoms with E-state index in [9.17, 15) is 13.2 Å². The summed E-state index contributed by atoms with van der Waals surface area (Å²) >= 11 is 0. The van der Waals surface area contributed by atoms with Crippen molar-refractivity contribution in [1.82, 2.24) is 0 Å². The first-order chi connectivity index (χ1) is 7.30. The molecule has 0 atom stereocenters. The Kier molecular flexibility index (Phi) is 3.35. The quantitative estimate of drug-likeness (QED) is 0.493. The van der Waals surface area contributed by atoms with Gasteiger partial charge in [-0.1, -0.05) is 0 Å². The Bertz CT molecular complexity index is 512. The molecule has 1 rings (SSSR count). The lowest BCUT2D eigenvalue weighted by Gasteiger charge is -2.07. The normalized spacial score (nSPS) is 11.1. The standard InChI is InChI=1S/C8H12N4O3S/c9-6-3-5(12-4-8(10)13)1-2-7(6)16(11,14)15/h1-3,12H,4,9H2,(H2,10,13)(H2,11,14,15). The van der Waals surface area contributed by atoms with Gasteiger partial charge in [0, 0.05) is 5.69 Å². The zero-order valence-corrected chi connectivity index (χ0v) is 9.12. The van der Waals surface area contributed by atoms with Crippen LogP contribution in [0.4, 0.5) is 11.4 Å². The number of carbonyl (C=O) groups is 1. The van der Waals surface area contributed by atoms with E-state index in [0.29, 0.717) is 5.69 Å². The van der Waals surface area contributed by atoms with Gasteiger partial charge in [0.15, 0.2) is 0 Å². The molecule has 0 unspecified atom stereocenters. The number of hydrogen-bond donors (Lipinski definition) is 4. The molecule has 0 aliphatic rings. The first-order valence-corrected chi connectivity index (χ1v) is 5.80. The second-order valence-corrected chi connectivity index (χ2v) is 4.65. The molecule has 0 bridgehead atoms. The largest absolute Gasteiger partial charge is 0.398 e. The van der Waals surface area contributed by atoms with E-state index in [-0.39, 0.29) is 17.1 Å². The summed E-state index contributed by atoms with van der Waals surface area (Å²) in [6.07, 6.45) is 0. The predicted molar refractivity (Wildman–Crippen MR) is 59.9 cm³/mol. The molecule has 8 heteroatoms. The van der Waals surface area contributed by atoms with Crippen LogP contribution in [0, 0.1) is 0 Å².